The molecule has 24 heavy (non-hydrogen) atoms. The van der Waals surface area contributed by atoms with E-state index in [9.17, 15) is 10.2 Å². The first-order chi connectivity index (χ1) is 11.4. The van der Waals surface area contributed by atoms with Crippen LogP contribution in [0.2, 0.25) is 0 Å². The molecular formula is C20H22O4. The molecule has 126 valence electrons. The van der Waals surface area contributed by atoms with Crippen molar-refractivity contribution < 1.29 is 19.7 Å². The van der Waals surface area contributed by atoms with Crippen molar-refractivity contribution in [1.82, 2.24) is 0 Å². The lowest BCUT2D eigenvalue weighted by atomic mass is 9.93. The predicted molar refractivity (Wildman–Crippen MR) is 90.7 cm³/mol. The van der Waals surface area contributed by atoms with Gasteiger partial charge in [0.05, 0.1) is 5.60 Å². The summed E-state index contributed by atoms with van der Waals surface area (Å²) in [6, 6.07) is 11.4. The van der Waals surface area contributed by atoms with E-state index in [1.54, 1.807) is 26.0 Å². The number of fused-ring (bicyclic) bond motifs is 2. The maximum Gasteiger partial charge on any atom is 0.131 e. The topological polar surface area (TPSA) is 58.9 Å². The lowest BCUT2D eigenvalue weighted by Gasteiger charge is -2.26. The first-order valence-corrected chi connectivity index (χ1v) is 8.40. The molecule has 0 amide bonds. The second kappa shape index (κ2) is 5.42. The molecule has 2 atom stereocenters. The van der Waals surface area contributed by atoms with E-state index in [1.165, 1.54) is 0 Å². The SMILES string of the molecule is CC(C)(O)[C@@H]1Cc2cc([C@@H]3CCc4ccc(O)cc4O3)ccc2O1. The van der Waals surface area contributed by atoms with Crippen LogP contribution in [-0.2, 0) is 12.8 Å². The van der Waals surface area contributed by atoms with Gasteiger partial charge in [-0.3, -0.25) is 0 Å². The highest BCUT2D eigenvalue weighted by molar-refractivity contribution is 5.45. The smallest absolute Gasteiger partial charge is 0.131 e. The Morgan fingerprint density at radius 3 is 2.62 bits per heavy atom. The Bertz CT molecular complexity index is 776. The fraction of sp³-hybridized carbons (Fsp3) is 0.400. The van der Waals surface area contributed by atoms with Crippen LogP contribution in [-0.4, -0.2) is 21.9 Å². The van der Waals surface area contributed by atoms with E-state index in [-0.39, 0.29) is 18.0 Å². The fourth-order valence-corrected chi connectivity index (χ4v) is 3.46. The van der Waals surface area contributed by atoms with Gasteiger partial charge in [0.2, 0.25) is 0 Å². The van der Waals surface area contributed by atoms with Crippen LogP contribution in [0.25, 0.3) is 0 Å². The average molecular weight is 326 g/mol. The zero-order valence-corrected chi connectivity index (χ0v) is 14.0. The molecule has 0 aromatic heterocycles. The lowest BCUT2D eigenvalue weighted by molar-refractivity contribution is -0.0229. The third kappa shape index (κ3) is 2.71. The molecule has 2 aliphatic heterocycles. The predicted octanol–water partition coefficient (Wildman–Crippen LogP) is 3.53. The number of ether oxygens (including phenoxy) is 2. The van der Waals surface area contributed by atoms with Crippen molar-refractivity contribution in [3.8, 4) is 17.2 Å². The maximum atomic E-state index is 10.2. The number of phenolic OH excluding ortho intramolecular Hbond substituents is 1. The number of aryl methyl sites for hydroxylation is 1. The molecule has 0 radical (unpaired) electrons. The maximum absolute atomic E-state index is 10.2. The molecule has 0 fully saturated rings. The molecule has 0 unspecified atom stereocenters. The molecule has 2 N–H and O–H groups in total. The normalized spacial score (nSPS) is 22.3. The number of aromatic hydroxyl groups is 1. The minimum Gasteiger partial charge on any atom is -0.508 e. The number of hydrogen-bond acceptors (Lipinski definition) is 4. The van der Waals surface area contributed by atoms with Crippen LogP contribution in [0.15, 0.2) is 36.4 Å². The number of phenols is 1. The number of rotatable bonds is 2. The minimum atomic E-state index is -0.864. The van der Waals surface area contributed by atoms with Gasteiger partial charge in [-0.25, -0.2) is 0 Å². The fourth-order valence-electron chi connectivity index (χ4n) is 3.46. The van der Waals surface area contributed by atoms with E-state index in [0.29, 0.717) is 6.42 Å². The van der Waals surface area contributed by atoms with Gasteiger partial charge in [-0.15, -0.1) is 0 Å². The Hall–Kier alpha value is -2.20. The molecule has 2 aromatic rings. The summed E-state index contributed by atoms with van der Waals surface area (Å²) in [4.78, 5) is 0. The van der Waals surface area contributed by atoms with E-state index in [2.05, 4.69) is 6.07 Å². The Balaban J connectivity index is 1.57. The zero-order chi connectivity index (χ0) is 16.9. The van der Waals surface area contributed by atoms with Crippen LogP contribution in [0.4, 0.5) is 0 Å². The third-order valence-corrected chi connectivity index (χ3v) is 4.91. The van der Waals surface area contributed by atoms with Gasteiger partial charge in [-0.1, -0.05) is 12.1 Å². The quantitative estimate of drug-likeness (QED) is 0.886. The largest absolute Gasteiger partial charge is 0.508 e. The first kappa shape index (κ1) is 15.3. The first-order valence-electron chi connectivity index (χ1n) is 8.40. The molecule has 0 bridgehead atoms. The van der Waals surface area contributed by atoms with Crippen molar-refractivity contribution in [2.45, 2.75) is 50.9 Å². The van der Waals surface area contributed by atoms with Crippen molar-refractivity contribution >= 4 is 0 Å². The highest BCUT2D eigenvalue weighted by atomic mass is 16.5. The van der Waals surface area contributed by atoms with Gasteiger partial charge in [-0.2, -0.15) is 0 Å². The summed E-state index contributed by atoms with van der Waals surface area (Å²) < 4.78 is 12.0. The monoisotopic (exact) mass is 326 g/mol. The summed E-state index contributed by atoms with van der Waals surface area (Å²) in [5, 5.41) is 19.8. The summed E-state index contributed by atoms with van der Waals surface area (Å²) in [7, 11) is 0. The van der Waals surface area contributed by atoms with Gasteiger partial charge in [0.25, 0.3) is 0 Å². The molecule has 4 rings (SSSR count). The van der Waals surface area contributed by atoms with Crippen molar-refractivity contribution in [2.75, 3.05) is 0 Å². The van der Waals surface area contributed by atoms with Crippen molar-refractivity contribution in [1.29, 1.82) is 0 Å². The van der Waals surface area contributed by atoms with Crippen LogP contribution in [0.3, 0.4) is 0 Å². The van der Waals surface area contributed by atoms with Gasteiger partial charge in [0.1, 0.15) is 29.5 Å². The molecule has 0 saturated heterocycles. The van der Waals surface area contributed by atoms with Gasteiger partial charge in [-0.05, 0) is 61.6 Å². The van der Waals surface area contributed by atoms with Gasteiger partial charge in [0, 0.05) is 12.5 Å². The van der Waals surface area contributed by atoms with Gasteiger partial charge < -0.3 is 19.7 Å². The van der Waals surface area contributed by atoms with Crippen LogP contribution in [0, 0.1) is 0 Å². The Morgan fingerprint density at radius 1 is 1.00 bits per heavy atom. The number of benzene rings is 2. The lowest BCUT2D eigenvalue weighted by Crippen LogP contribution is -2.39. The molecule has 4 nitrogen and oxygen atoms in total. The highest BCUT2D eigenvalue weighted by Crippen LogP contribution is 2.40. The highest BCUT2D eigenvalue weighted by Gasteiger charge is 2.35. The third-order valence-electron chi connectivity index (χ3n) is 4.91. The van der Waals surface area contributed by atoms with E-state index in [4.69, 9.17) is 9.47 Å². The summed E-state index contributed by atoms with van der Waals surface area (Å²) in [5.41, 5.74) is 2.50. The van der Waals surface area contributed by atoms with Crippen LogP contribution in [0.1, 0.15) is 43.1 Å². The van der Waals surface area contributed by atoms with Gasteiger partial charge in [0.15, 0.2) is 0 Å². The Kier molecular flexibility index (Phi) is 3.46. The van der Waals surface area contributed by atoms with Gasteiger partial charge >= 0.3 is 0 Å². The van der Waals surface area contributed by atoms with Crippen molar-refractivity contribution in [2.24, 2.45) is 0 Å². The standard InChI is InChI=1S/C20H22O4/c1-20(2,22)19-10-14-9-13(5-8-17(14)24-19)16-7-4-12-3-6-15(21)11-18(12)23-16/h3,5-6,8-9,11,16,19,21-22H,4,7,10H2,1-2H3/t16-,19-/m0/s1. The van der Waals surface area contributed by atoms with E-state index in [1.807, 2.05) is 18.2 Å². The molecule has 2 heterocycles. The molecular weight excluding hydrogens is 304 g/mol. The van der Waals surface area contributed by atoms with E-state index in [0.717, 1.165) is 41.0 Å². The Labute approximate surface area is 141 Å². The van der Waals surface area contributed by atoms with Crippen LogP contribution >= 0.6 is 0 Å². The molecule has 2 aromatic carbocycles. The molecule has 4 heteroatoms. The van der Waals surface area contributed by atoms with Crippen LogP contribution in [0.5, 0.6) is 17.2 Å². The summed E-state index contributed by atoms with van der Waals surface area (Å²) in [6.45, 7) is 3.55. The number of aliphatic hydroxyl groups is 1. The minimum absolute atomic E-state index is 0.0224. The molecule has 0 aliphatic carbocycles. The van der Waals surface area contributed by atoms with E-state index >= 15 is 0 Å². The average Bonchev–Trinajstić information content (AvgIpc) is 2.97. The number of hydrogen-bond donors (Lipinski definition) is 2. The summed E-state index contributed by atoms with van der Waals surface area (Å²) >= 11 is 0. The Morgan fingerprint density at radius 2 is 1.83 bits per heavy atom. The van der Waals surface area contributed by atoms with E-state index < -0.39 is 5.60 Å². The van der Waals surface area contributed by atoms with Crippen molar-refractivity contribution in [3.05, 3.63) is 53.1 Å². The van der Waals surface area contributed by atoms with Crippen LogP contribution < -0.4 is 9.47 Å². The summed E-state index contributed by atoms with van der Waals surface area (Å²) in [5.74, 6) is 1.84. The molecule has 2 aliphatic rings. The zero-order valence-electron chi connectivity index (χ0n) is 14.0. The molecule has 0 saturated carbocycles. The second-order valence-corrected chi connectivity index (χ2v) is 7.27. The van der Waals surface area contributed by atoms with Crippen molar-refractivity contribution in [3.63, 3.8) is 0 Å². The molecule has 0 spiro atoms. The summed E-state index contributed by atoms with van der Waals surface area (Å²) in [6.07, 6.45) is 2.31. The second-order valence-electron chi connectivity index (χ2n) is 7.27.